The zero-order chi connectivity index (χ0) is 72.1. The molecule has 97 heavy (non-hydrogen) atoms. The standard InChI is InChI=1S/C62H97N15O18S2/c1-8-33(5)49-58(90)72-43-31-97-29-37-22-36(23-38(24-37)94-20-12-10-11-13-21-95-67-27-45(79)73-49)28-96-30-42(52(63)84)71-54(86)40(25-46(80)81)69-59(91)50(34(6)9-2)75-57(89)44-17-15-19-77(44)61(93)48(32(3)4)74-55(87)41(26-47(82)83)70-60(92)51(35(7)78)76-53(85)39(68-56(43)88)16-14-18-66-62(64)65/h22-24,27,32-35,39-44,48-51,78H,8-21,25-26,28-31H2,1-7H3,(H2,63,84)(H,68,88)(H,69,91)(H,70,92)(H,71,86)(H,72,90)(H,73,79)(H,74,87)(H,75,89)(H,76,85)(H,80,81)(H,82,83)(H4,64,65,66)/p-1/b67-27+/t33-,34+,35-,39+,40+,41+,42+,43+,44+,48+,49+,50+,51+/m1/s1. The summed E-state index contributed by atoms with van der Waals surface area (Å²) in [6.07, 6.45) is 0.249. The highest BCUT2D eigenvalue weighted by atomic mass is 32.2. The molecule has 3 aliphatic heterocycles. The maximum Gasteiger partial charge on any atom is 0.338 e. The molecule has 1 aromatic rings. The van der Waals surface area contributed by atoms with Crippen molar-refractivity contribution in [3.63, 3.8) is 0 Å². The molecule has 3 aliphatic rings. The third kappa shape index (κ3) is 27.2. The van der Waals surface area contributed by atoms with Crippen molar-refractivity contribution in [3.8, 4) is 5.75 Å². The number of oxime groups is 1. The highest BCUT2D eigenvalue weighted by molar-refractivity contribution is 7.98. The van der Waals surface area contributed by atoms with Gasteiger partial charge in [0.1, 0.15) is 79.0 Å². The summed E-state index contributed by atoms with van der Waals surface area (Å²) in [4.78, 5) is 189. The first-order valence-corrected chi connectivity index (χ1v) is 34.8. The molecule has 13 atom stereocenters. The van der Waals surface area contributed by atoms with Crippen molar-refractivity contribution in [1.29, 1.82) is 0 Å². The minimum absolute atomic E-state index is 0.0448. The minimum Gasteiger partial charge on any atom is -0.550 e. The summed E-state index contributed by atoms with van der Waals surface area (Å²) in [5.41, 5.74) is 18.4. The van der Waals surface area contributed by atoms with Crippen LogP contribution in [0.1, 0.15) is 137 Å². The van der Waals surface area contributed by atoms with Crippen LogP contribution in [0.5, 0.6) is 5.75 Å². The van der Waals surface area contributed by atoms with Gasteiger partial charge in [-0.25, -0.2) is 0 Å². The molecule has 17 N–H and O–H groups in total. The Morgan fingerprint density at radius 3 is 1.72 bits per heavy atom. The smallest absolute Gasteiger partial charge is 0.338 e. The number of carboxylic acids is 2. The maximum atomic E-state index is 14.8. The number of amides is 11. The Labute approximate surface area is 571 Å². The molecule has 4 rings (SSSR count). The summed E-state index contributed by atoms with van der Waals surface area (Å²) >= 11 is 2.31. The number of benzene rings is 1. The second-order valence-corrected chi connectivity index (χ2v) is 26.7. The second-order valence-electron chi connectivity index (χ2n) is 24.6. The first kappa shape index (κ1) is 81.0. The summed E-state index contributed by atoms with van der Waals surface area (Å²) in [6, 6.07) is -10.6. The van der Waals surface area contributed by atoms with Crippen molar-refractivity contribution in [2.24, 2.45) is 40.1 Å². The molecule has 3 heterocycles. The number of ether oxygens (including phenoxy) is 1. The van der Waals surface area contributed by atoms with Crippen LogP contribution in [0, 0.1) is 17.8 Å². The molecule has 35 heteroatoms. The topological polar surface area (TPSA) is 523 Å². The SMILES string of the molecule is CC[C@@H](C)[C@@H]1NC(=O)/C=N/OCCCCCCOc2cc3cc(c2)CSC[C@H](NC1=O)C(=O)N[C@@H](CCC[NH+]=C(N)N)C(=O)N[C@@H]([C@@H](C)O)C(=O)N[C@@H](CC(=O)[O-])C(=O)N[C@@H](C(C)C)C(=O)N1CCC[C@H]1C(=O)N[C@@H]([C@@H](C)CC)C(=O)N[C@@H](CC(=O)[O-])C(=O)N[C@H](C(N)=O)CSC3. The average molecular weight is 1400 g/mol. The number of aliphatic carboxylic acids is 2. The van der Waals surface area contributed by atoms with E-state index in [-0.39, 0.29) is 87.4 Å². The van der Waals surface area contributed by atoms with E-state index in [1.165, 1.54) is 13.8 Å². The van der Waals surface area contributed by atoms with E-state index in [0.717, 1.165) is 54.4 Å². The van der Waals surface area contributed by atoms with Gasteiger partial charge in [-0.2, -0.15) is 23.5 Å². The lowest BCUT2D eigenvalue weighted by atomic mass is 9.97. The fourth-order valence-electron chi connectivity index (χ4n) is 10.5. The third-order valence-corrected chi connectivity index (χ3v) is 18.6. The van der Waals surface area contributed by atoms with E-state index in [9.17, 15) is 77.6 Å². The van der Waals surface area contributed by atoms with E-state index in [2.05, 4.69) is 58.0 Å². The van der Waals surface area contributed by atoms with Crippen molar-refractivity contribution in [2.45, 2.75) is 204 Å². The molecule has 0 spiro atoms. The van der Waals surface area contributed by atoms with Crippen LogP contribution in [0.15, 0.2) is 23.4 Å². The Bertz CT molecular complexity index is 2990. The number of thioether (sulfide) groups is 2. The van der Waals surface area contributed by atoms with Gasteiger partial charge in [-0.15, -0.1) is 0 Å². The summed E-state index contributed by atoms with van der Waals surface area (Å²) in [6.45, 7) is 11.4. The largest absolute Gasteiger partial charge is 0.550 e. The molecule has 0 aliphatic carbocycles. The van der Waals surface area contributed by atoms with Crippen molar-refractivity contribution in [1.82, 2.24) is 52.8 Å². The van der Waals surface area contributed by atoms with Gasteiger partial charge in [0, 0.05) is 54.3 Å². The van der Waals surface area contributed by atoms with Gasteiger partial charge in [-0.3, -0.25) is 69.2 Å². The van der Waals surface area contributed by atoms with Crippen molar-refractivity contribution < 1.29 is 92.2 Å². The van der Waals surface area contributed by atoms with Gasteiger partial charge in [0.25, 0.3) is 5.91 Å². The molecular weight excluding hydrogens is 1310 g/mol. The molecule has 540 valence electrons. The third-order valence-electron chi connectivity index (χ3n) is 16.4. The van der Waals surface area contributed by atoms with E-state index < -0.39 is 174 Å². The van der Waals surface area contributed by atoms with Gasteiger partial charge in [-0.05, 0) is 99.3 Å². The first-order chi connectivity index (χ1) is 45.9. The number of hydrogen-bond donors (Lipinski definition) is 14. The Morgan fingerprint density at radius 1 is 0.629 bits per heavy atom. The predicted octanol–water partition coefficient (Wildman–Crippen LogP) is -6.50. The van der Waals surface area contributed by atoms with Gasteiger partial charge in [0.15, 0.2) is 0 Å². The first-order valence-electron chi connectivity index (χ1n) is 32.5. The molecule has 11 amide bonds. The number of rotatable bonds is 15. The van der Waals surface area contributed by atoms with Gasteiger partial charge in [-0.1, -0.05) is 65.6 Å². The van der Waals surface area contributed by atoms with E-state index in [1.807, 2.05) is 6.07 Å². The molecule has 1 saturated heterocycles. The number of guanidine groups is 1. The number of nitrogens with one attached hydrogen (secondary N) is 10. The van der Waals surface area contributed by atoms with Crippen LogP contribution >= 0.6 is 23.5 Å². The number of primary amides is 1. The van der Waals surface area contributed by atoms with Crippen LogP contribution in [0.3, 0.4) is 0 Å². The number of nitrogens with zero attached hydrogens (tertiary/aromatic N) is 2. The van der Waals surface area contributed by atoms with Gasteiger partial charge in [0.2, 0.25) is 59.1 Å². The molecule has 0 aromatic heterocycles. The quantitative estimate of drug-likeness (QED) is 0.0441. The van der Waals surface area contributed by atoms with Gasteiger partial charge < -0.3 is 93.0 Å². The van der Waals surface area contributed by atoms with Gasteiger partial charge in [0.05, 0.1) is 19.3 Å². The van der Waals surface area contributed by atoms with E-state index in [0.29, 0.717) is 36.1 Å². The van der Waals surface area contributed by atoms with Crippen LogP contribution in [-0.4, -0.2) is 203 Å². The molecule has 0 radical (unpaired) electrons. The van der Waals surface area contributed by atoms with E-state index in [1.54, 1.807) is 39.8 Å². The maximum absolute atomic E-state index is 14.8. The van der Waals surface area contributed by atoms with Crippen molar-refractivity contribution in [3.05, 3.63) is 29.3 Å². The lowest BCUT2D eigenvalue weighted by Gasteiger charge is -2.33. The molecule has 4 bridgehead atoms. The number of carbonyl (C=O) groups excluding carboxylic acids is 13. The monoisotopic (exact) mass is 1400 g/mol. The van der Waals surface area contributed by atoms with E-state index in [4.69, 9.17) is 26.8 Å². The highest BCUT2D eigenvalue weighted by Gasteiger charge is 2.43. The number of hydrogen-bond acceptors (Lipinski definition) is 21. The van der Waals surface area contributed by atoms with E-state index >= 15 is 0 Å². The van der Waals surface area contributed by atoms with Crippen LogP contribution in [0.25, 0.3) is 0 Å². The van der Waals surface area contributed by atoms with Crippen molar-refractivity contribution >= 4 is 113 Å². The van der Waals surface area contributed by atoms with Crippen LogP contribution in [-0.2, 0) is 78.7 Å². The van der Waals surface area contributed by atoms with Crippen molar-refractivity contribution in [2.75, 3.05) is 37.8 Å². The second kappa shape index (κ2) is 40.9. The zero-order valence-electron chi connectivity index (χ0n) is 55.9. The molecule has 0 unspecified atom stereocenters. The van der Waals surface area contributed by atoms with Crippen LogP contribution in [0.4, 0.5) is 0 Å². The Morgan fingerprint density at radius 2 is 1.15 bits per heavy atom. The fourth-order valence-corrected chi connectivity index (χ4v) is 12.5. The number of aliphatic hydroxyl groups excluding tert-OH is 1. The summed E-state index contributed by atoms with van der Waals surface area (Å²) in [5, 5.41) is 61.8. The normalized spacial score (nSPS) is 26.5. The molecule has 0 saturated carbocycles. The Balaban J connectivity index is 1.89. The summed E-state index contributed by atoms with van der Waals surface area (Å²) in [5.74, 6) is -16.4. The van der Waals surface area contributed by atoms with Gasteiger partial charge >= 0.3 is 5.96 Å². The highest BCUT2D eigenvalue weighted by Crippen LogP contribution is 2.27. The fraction of sp³-hybridized carbons (Fsp3) is 0.661. The predicted molar refractivity (Wildman–Crippen MR) is 352 cm³/mol. The molecule has 33 nitrogen and oxygen atoms in total. The number of carbonyl (C=O) groups is 13. The van der Waals surface area contributed by atoms with Crippen LogP contribution < -0.4 is 85.0 Å². The summed E-state index contributed by atoms with van der Waals surface area (Å²) in [7, 11) is 0. The lowest BCUT2D eigenvalue weighted by molar-refractivity contribution is -0.459. The number of fused-ring (bicyclic) bond motifs is 6. The minimum atomic E-state index is -2.05. The molecular formula is C62H96N15O18S2-. The molecule has 1 fully saturated rings. The number of nitrogens with two attached hydrogens (primary N) is 3. The Kier molecular flexibility index (Phi) is 34.2. The lowest BCUT2D eigenvalue weighted by Crippen LogP contribution is -2.78. The number of aliphatic hydroxyl groups is 1. The zero-order valence-corrected chi connectivity index (χ0v) is 57.5. The summed E-state index contributed by atoms with van der Waals surface area (Å²) < 4.78 is 6.23. The Hall–Kier alpha value is -8.47. The average Bonchev–Trinajstić information content (AvgIpc) is 1.71. The molecule has 1 aromatic carbocycles. The number of carboxylic acid groups (broad SMARTS) is 2. The van der Waals surface area contributed by atoms with Crippen LogP contribution in [0.2, 0.25) is 0 Å².